The van der Waals surface area contributed by atoms with Gasteiger partial charge in [0.2, 0.25) is 21.8 Å². The fourth-order valence-electron chi connectivity index (χ4n) is 4.06. The van der Waals surface area contributed by atoms with Crippen molar-refractivity contribution in [1.29, 1.82) is 0 Å². The third-order valence-electron chi connectivity index (χ3n) is 6.09. The van der Waals surface area contributed by atoms with Gasteiger partial charge >= 0.3 is 0 Å². The first-order chi connectivity index (χ1) is 18.9. The summed E-state index contributed by atoms with van der Waals surface area (Å²) in [6.07, 6.45) is 1.06. The Hall–Kier alpha value is -3.14. The molecule has 0 aliphatic rings. The highest BCUT2D eigenvalue weighted by Crippen LogP contribution is 2.26. The van der Waals surface area contributed by atoms with Crippen molar-refractivity contribution in [3.8, 4) is 0 Å². The first-order valence-corrected chi connectivity index (χ1v) is 15.2. The smallest absolute Gasteiger partial charge is 0.244 e. The molecule has 0 saturated heterocycles. The first-order valence-electron chi connectivity index (χ1n) is 12.6. The molecule has 0 spiro atoms. The molecule has 2 amide bonds. The zero-order valence-electron chi connectivity index (χ0n) is 22.5. The van der Waals surface area contributed by atoms with E-state index in [-0.39, 0.29) is 29.6 Å². The second kappa shape index (κ2) is 14.0. The largest absolute Gasteiger partial charge is 0.354 e. The van der Waals surface area contributed by atoms with Crippen LogP contribution < -0.4 is 9.62 Å². The molecule has 1 unspecified atom stereocenters. The Bertz CT molecular complexity index is 1440. The zero-order valence-corrected chi connectivity index (χ0v) is 24.8. The van der Waals surface area contributed by atoms with Gasteiger partial charge in [-0.1, -0.05) is 85.6 Å². The molecule has 214 valence electrons. The molecule has 7 nitrogen and oxygen atoms in total. The van der Waals surface area contributed by atoms with Crippen molar-refractivity contribution in [3.63, 3.8) is 0 Å². The molecule has 0 saturated carbocycles. The molecular weight excluding hydrogens is 576 g/mol. The van der Waals surface area contributed by atoms with Crippen molar-refractivity contribution in [2.24, 2.45) is 5.92 Å². The van der Waals surface area contributed by atoms with E-state index in [0.29, 0.717) is 21.4 Å². The van der Waals surface area contributed by atoms with Gasteiger partial charge in [-0.25, -0.2) is 12.8 Å². The van der Waals surface area contributed by atoms with Crippen molar-refractivity contribution in [1.82, 2.24) is 10.2 Å². The summed E-state index contributed by atoms with van der Waals surface area (Å²) in [5, 5.41) is 3.48. The van der Waals surface area contributed by atoms with Crippen molar-refractivity contribution in [3.05, 3.63) is 99.8 Å². The highest BCUT2D eigenvalue weighted by molar-refractivity contribution is 7.92. The summed E-state index contributed by atoms with van der Waals surface area (Å²) in [5.41, 5.74) is 1.11. The molecule has 11 heteroatoms. The van der Waals surface area contributed by atoms with Crippen LogP contribution in [0.3, 0.4) is 0 Å². The summed E-state index contributed by atoms with van der Waals surface area (Å²) in [5.74, 6) is -1.74. The fraction of sp³-hybridized carbons (Fsp3) is 0.310. The SMILES string of the molecule is CC(C)CNC(=O)C(Cc1ccccc1)N(Cc1ccc(Cl)c(Cl)c1)C(=O)CN(c1ccccc1F)S(C)(=O)=O. The Morgan fingerprint density at radius 2 is 1.57 bits per heavy atom. The summed E-state index contributed by atoms with van der Waals surface area (Å²) in [4.78, 5) is 28.9. The van der Waals surface area contributed by atoms with E-state index >= 15 is 0 Å². The molecule has 0 aliphatic carbocycles. The highest BCUT2D eigenvalue weighted by atomic mass is 35.5. The minimum absolute atomic E-state index is 0.0722. The summed E-state index contributed by atoms with van der Waals surface area (Å²) < 4.78 is 40.8. The van der Waals surface area contributed by atoms with Crippen molar-refractivity contribution in [2.75, 3.05) is 23.7 Å². The van der Waals surface area contributed by atoms with Gasteiger partial charge in [0.1, 0.15) is 18.4 Å². The Labute approximate surface area is 244 Å². The summed E-state index contributed by atoms with van der Waals surface area (Å²) in [6.45, 7) is 3.48. The van der Waals surface area contributed by atoms with Crippen LogP contribution in [0.2, 0.25) is 10.0 Å². The van der Waals surface area contributed by atoms with Crippen LogP contribution in [0.5, 0.6) is 0 Å². The number of amides is 2. The van der Waals surface area contributed by atoms with E-state index in [1.165, 1.54) is 23.1 Å². The lowest BCUT2D eigenvalue weighted by molar-refractivity contribution is -0.140. The standard InChI is InChI=1S/C29H32Cl2FN3O4S/c1-20(2)17-33-29(37)27(16-21-9-5-4-6-10-21)34(18-22-13-14-23(30)24(31)15-22)28(36)19-35(40(3,38)39)26-12-8-7-11-25(26)32/h4-15,20,27H,16-19H2,1-3H3,(H,33,37). The molecule has 3 rings (SSSR count). The van der Waals surface area contributed by atoms with Gasteiger partial charge in [-0.3, -0.25) is 13.9 Å². The highest BCUT2D eigenvalue weighted by Gasteiger charge is 2.33. The van der Waals surface area contributed by atoms with E-state index in [1.807, 2.05) is 44.2 Å². The number of halogens is 3. The van der Waals surface area contributed by atoms with Gasteiger partial charge in [-0.05, 0) is 41.3 Å². The van der Waals surface area contributed by atoms with Gasteiger partial charge in [-0.2, -0.15) is 0 Å². The first kappa shape index (κ1) is 31.4. The number of sulfonamides is 1. The molecule has 0 bridgehead atoms. The molecule has 0 heterocycles. The van der Waals surface area contributed by atoms with Crippen LogP contribution in [-0.4, -0.2) is 50.5 Å². The van der Waals surface area contributed by atoms with Crippen LogP contribution in [0.1, 0.15) is 25.0 Å². The van der Waals surface area contributed by atoms with Gasteiger partial charge in [0.15, 0.2) is 0 Å². The molecule has 0 fully saturated rings. The maximum atomic E-state index is 14.7. The number of nitrogens with one attached hydrogen (secondary N) is 1. The van der Waals surface area contributed by atoms with Gasteiger partial charge in [0.25, 0.3) is 0 Å². The fourth-order valence-corrected chi connectivity index (χ4v) is 5.23. The van der Waals surface area contributed by atoms with Crippen LogP contribution in [0, 0.1) is 11.7 Å². The number of anilines is 1. The molecule has 1 atom stereocenters. The van der Waals surface area contributed by atoms with Gasteiger partial charge < -0.3 is 10.2 Å². The Kier molecular flexibility index (Phi) is 11.0. The lowest BCUT2D eigenvalue weighted by atomic mass is 10.0. The van der Waals surface area contributed by atoms with E-state index in [0.717, 1.165) is 17.9 Å². The quantitative estimate of drug-likeness (QED) is 0.302. The van der Waals surface area contributed by atoms with Gasteiger partial charge in [0, 0.05) is 19.5 Å². The number of para-hydroxylation sites is 1. The number of carbonyl (C=O) groups excluding carboxylic acids is 2. The number of hydrogen-bond donors (Lipinski definition) is 1. The lowest BCUT2D eigenvalue weighted by Crippen LogP contribution is -2.53. The monoisotopic (exact) mass is 607 g/mol. The lowest BCUT2D eigenvalue weighted by Gasteiger charge is -2.33. The minimum atomic E-state index is -4.07. The van der Waals surface area contributed by atoms with Crippen molar-refractivity contribution >= 4 is 50.7 Å². The second-order valence-electron chi connectivity index (χ2n) is 9.84. The molecule has 0 aliphatic heterocycles. The molecule has 3 aromatic rings. The van der Waals surface area contributed by atoms with Gasteiger partial charge in [0.05, 0.1) is 22.0 Å². The van der Waals surface area contributed by atoms with Crippen molar-refractivity contribution < 1.29 is 22.4 Å². The minimum Gasteiger partial charge on any atom is -0.354 e. The maximum absolute atomic E-state index is 14.7. The topological polar surface area (TPSA) is 86.8 Å². The van der Waals surface area contributed by atoms with Gasteiger partial charge in [-0.15, -0.1) is 0 Å². The number of hydrogen-bond acceptors (Lipinski definition) is 4. The number of carbonyl (C=O) groups is 2. The molecule has 1 N–H and O–H groups in total. The summed E-state index contributed by atoms with van der Waals surface area (Å²) in [6, 6.07) is 18.3. The van der Waals surface area contributed by atoms with Crippen molar-refractivity contribution in [2.45, 2.75) is 32.9 Å². The Morgan fingerprint density at radius 1 is 0.925 bits per heavy atom. The summed E-state index contributed by atoms with van der Waals surface area (Å²) in [7, 11) is -4.07. The summed E-state index contributed by atoms with van der Waals surface area (Å²) >= 11 is 12.3. The Balaban J connectivity index is 2.07. The van der Waals surface area contributed by atoms with Crippen LogP contribution in [-0.2, 0) is 32.6 Å². The maximum Gasteiger partial charge on any atom is 0.244 e. The number of benzene rings is 3. The molecular formula is C29H32Cl2FN3O4S. The average Bonchev–Trinajstić information content (AvgIpc) is 2.90. The van der Waals surface area contributed by atoms with Crippen LogP contribution in [0.4, 0.5) is 10.1 Å². The van der Waals surface area contributed by atoms with E-state index in [2.05, 4.69) is 5.32 Å². The predicted octanol–water partition coefficient (Wildman–Crippen LogP) is 5.31. The predicted molar refractivity (Wildman–Crippen MR) is 157 cm³/mol. The van der Waals surface area contributed by atoms with E-state index < -0.39 is 40.2 Å². The van der Waals surface area contributed by atoms with E-state index in [9.17, 15) is 22.4 Å². The third kappa shape index (κ3) is 8.68. The molecule has 3 aromatic carbocycles. The second-order valence-corrected chi connectivity index (χ2v) is 12.6. The Morgan fingerprint density at radius 3 is 2.17 bits per heavy atom. The van der Waals surface area contributed by atoms with E-state index in [1.54, 1.807) is 18.2 Å². The van der Waals surface area contributed by atoms with Crippen LogP contribution in [0.25, 0.3) is 0 Å². The third-order valence-corrected chi connectivity index (χ3v) is 7.96. The van der Waals surface area contributed by atoms with Crippen LogP contribution in [0.15, 0.2) is 72.8 Å². The zero-order chi connectivity index (χ0) is 29.4. The average molecular weight is 609 g/mol. The normalized spacial score (nSPS) is 12.2. The van der Waals surface area contributed by atoms with E-state index in [4.69, 9.17) is 23.2 Å². The van der Waals surface area contributed by atoms with Crippen LogP contribution >= 0.6 is 23.2 Å². The molecule has 0 radical (unpaired) electrons. The molecule has 40 heavy (non-hydrogen) atoms. The number of nitrogens with zero attached hydrogens (tertiary/aromatic N) is 2. The molecule has 0 aromatic heterocycles. The number of rotatable bonds is 12.